The molecule has 2 aliphatic rings. The Labute approximate surface area is 161 Å². The Morgan fingerprint density at radius 3 is 2.57 bits per heavy atom. The van der Waals surface area contributed by atoms with Gasteiger partial charge in [0.15, 0.2) is 11.5 Å². The summed E-state index contributed by atoms with van der Waals surface area (Å²) in [5.41, 5.74) is 0.538. The average molecular weight is 400 g/mol. The van der Waals surface area contributed by atoms with Crippen molar-refractivity contribution in [1.82, 2.24) is 4.90 Å². The van der Waals surface area contributed by atoms with E-state index in [2.05, 4.69) is 0 Å². The molecule has 0 spiro atoms. The number of amides is 2. The summed E-state index contributed by atoms with van der Waals surface area (Å²) in [6.45, 7) is 3.06. The maximum atomic E-state index is 12.9. The van der Waals surface area contributed by atoms with E-state index in [1.54, 1.807) is 32.0 Å². The second-order valence-electron chi connectivity index (χ2n) is 7.46. The van der Waals surface area contributed by atoms with Gasteiger partial charge >= 0.3 is 6.18 Å². The van der Waals surface area contributed by atoms with E-state index in [1.807, 2.05) is 0 Å². The molecule has 3 rings (SSSR count). The standard InChI is InChI=1S/C19H23F3N2O4/c1-12(2)9-23(11-19(20,21)22)18(26)13-7-17(25)24(10-13)14-3-4-15-16(8-14)28-6-5-27-15/h3-4,8,12-13H,5-7,9-11H2,1-2H3/t13-/m0/s1. The molecule has 0 aliphatic carbocycles. The highest BCUT2D eigenvalue weighted by molar-refractivity contribution is 6.00. The van der Waals surface area contributed by atoms with E-state index in [-0.39, 0.29) is 31.3 Å². The predicted octanol–water partition coefficient (Wildman–Crippen LogP) is 2.86. The Kier molecular flexibility index (Phi) is 5.71. The summed E-state index contributed by atoms with van der Waals surface area (Å²) < 4.78 is 49.6. The van der Waals surface area contributed by atoms with E-state index in [4.69, 9.17) is 9.47 Å². The molecule has 0 N–H and O–H groups in total. The highest BCUT2D eigenvalue weighted by Crippen LogP contribution is 2.36. The summed E-state index contributed by atoms with van der Waals surface area (Å²) in [4.78, 5) is 27.4. The van der Waals surface area contributed by atoms with Crippen LogP contribution in [0.5, 0.6) is 11.5 Å². The molecule has 0 aromatic heterocycles. The van der Waals surface area contributed by atoms with Gasteiger partial charge in [0.2, 0.25) is 11.8 Å². The van der Waals surface area contributed by atoms with E-state index in [0.717, 1.165) is 4.90 Å². The number of benzene rings is 1. The van der Waals surface area contributed by atoms with E-state index >= 15 is 0 Å². The van der Waals surface area contributed by atoms with Gasteiger partial charge in [-0.1, -0.05) is 13.8 Å². The van der Waals surface area contributed by atoms with Crippen LogP contribution in [0, 0.1) is 11.8 Å². The van der Waals surface area contributed by atoms with Gasteiger partial charge in [-0.3, -0.25) is 9.59 Å². The van der Waals surface area contributed by atoms with Crippen LogP contribution in [0.1, 0.15) is 20.3 Å². The SMILES string of the molecule is CC(C)CN(CC(F)(F)F)C(=O)[C@H]1CC(=O)N(c2ccc3c(c2)OCCO3)C1. The zero-order valence-corrected chi connectivity index (χ0v) is 15.8. The summed E-state index contributed by atoms with van der Waals surface area (Å²) in [5, 5.41) is 0. The van der Waals surface area contributed by atoms with Crippen molar-refractivity contribution in [3.8, 4) is 11.5 Å². The van der Waals surface area contributed by atoms with Gasteiger partial charge in [-0.25, -0.2) is 0 Å². The molecular formula is C19H23F3N2O4. The Morgan fingerprint density at radius 2 is 1.93 bits per heavy atom. The van der Waals surface area contributed by atoms with Gasteiger partial charge in [-0.2, -0.15) is 13.2 Å². The Bertz CT molecular complexity index is 751. The lowest BCUT2D eigenvalue weighted by molar-refractivity contribution is -0.164. The van der Waals surface area contributed by atoms with Gasteiger partial charge in [-0.05, 0) is 18.1 Å². The van der Waals surface area contributed by atoms with Gasteiger partial charge in [0.1, 0.15) is 19.8 Å². The molecule has 9 heteroatoms. The number of ether oxygens (including phenoxy) is 2. The minimum absolute atomic E-state index is 0.00689. The number of alkyl halides is 3. The smallest absolute Gasteiger partial charge is 0.406 e. The predicted molar refractivity (Wildman–Crippen MR) is 95.4 cm³/mol. The van der Waals surface area contributed by atoms with E-state index in [1.165, 1.54) is 4.90 Å². The summed E-state index contributed by atoms with van der Waals surface area (Å²) in [5.74, 6) is -0.780. The van der Waals surface area contributed by atoms with Crippen molar-refractivity contribution in [3.05, 3.63) is 18.2 Å². The first-order valence-electron chi connectivity index (χ1n) is 9.19. The number of carbonyl (C=O) groups is 2. The fourth-order valence-electron chi connectivity index (χ4n) is 3.47. The molecule has 0 radical (unpaired) electrons. The molecule has 0 saturated carbocycles. The van der Waals surface area contributed by atoms with Crippen LogP contribution in [0.3, 0.4) is 0 Å². The first-order chi connectivity index (χ1) is 13.1. The van der Waals surface area contributed by atoms with Crippen LogP contribution in [0.4, 0.5) is 18.9 Å². The Hall–Kier alpha value is -2.45. The van der Waals surface area contributed by atoms with Crippen molar-refractivity contribution < 1.29 is 32.2 Å². The van der Waals surface area contributed by atoms with Gasteiger partial charge in [0, 0.05) is 31.3 Å². The topological polar surface area (TPSA) is 59.1 Å². The quantitative estimate of drug-likeness (QED) is 0.763. The molecule has 154 valence electrons. The zero-order valence-electron chi connectivity index (χ0n) is 15.8. The Balaban J connectivity index is 1.74. The van der Waals surface area contributed by atoms with Crippen molar-refractivity contribution in [1.29, 1.82) is 0 Å². The number of fused-ring (bicyclic) bond motifs is 1. The lowest BCUT2D eigenvalue weighted by Crippen LogP contribution is -2.44. The maximum absolute atomic E-state index is 12.9. The van der Waals surface area contributed by atoms with Crippen LogP contribution >= 0.6 is 0 Å². The fraction of sp³-hybridized carbons (Fsp3) is 0.579. The first-order valence-corrected chi connectivity index (χ1v) is 9.19. The summed E-state index contributed by atoms with van der Waals surface area (Å²) in [6, 6.07) is 5.02. The van der Waals surface area contributed by atoms with Gasteiger partial charge in [0.05, 0.1) is 5.92 Å². The largest absolute Gasteiger partial charge is 0.486 e. The van der Waals surface area contributed by atoms with Gasteiger partial charge in [0.25, 0.3) is 0 Å². The molecule has 2 heterocycles. The van der Waals surface area contributed by atoms with Crippen LogP contribution in [0.15, 0.2) is 18.2 Å². The molecule has 1 fully saturated rings. The second-order valence-corrected chi connectivity index (χ2v) is 7.46. The summed E-state index contributed by atoms with van der Waals surface area (Å²) in [6.07, 6.45) is -4.59. The summed E-state index contributed by atoms with van der Waals surface area (Å²) >= 11 is 0. The molecule has 1 saturated heterocycles. The molecule has 6 nitrogen and oxygen atoms in total. The number of hydrogen-bond acceptors (Lipinski definition) is 4. The molecule has 2 aliphatic heterocycles. The molecule has 0 unspecified atom stereocenters. The third-order valence-electron chi connectivity index (χ3n) is 4.58. The van der Waals surface area contributed by atoms with Crippen LogP contribution in [0.25, 0.3) is 0 Å². The van der Waals surface area contributed by atoms with Gasteiger partial charge < -0.3 is 19.3 Å². The van der Waals surface area contributed by atoms with Crippen molar-refractivity contribution in [2.75, 3.05) is 37.7 Å². The van der Waals surface area contributed by atoms with Crippen LogP contribution in [-0.4, -0.2) is 55.7 Å². The van der Waals surface area contributed by atoms with E-state index in [9.17, 15) is 22.8 Å². The number of rotatable bonds is 5. The average Bonchev–Trinajstić information content (AvgIpc) is 3.00. The maximum Gasteiger partial charge on any atom is 0.406 e. The molecule has 0 bridgehead atoms. The van der Waals surface area contributed by atoms with Crippen molar-refractivity contribution in [3.63, 3.8) is 0 Å². The molecule has 1 atom stereocenters. The molecule has 2 amide bonds. The lowest BCUT2D eigenvalue weighted by Gasteiger charge is -2.28. The monoisotopic (exact) mass is 400 g/mol. The van der Waals surface area contributed by atoms with Crippen molar-refractivity contribution >= 4 is 17.5 Å². The zero-order chi connectivity index (χ0) is 20.5. The lowest BCUT2D eigenvalue weighted by atomic mass is 10.1. The highest BCUT2D eigenvalue weighted by Gasteiger charge is 2.41. The third kappa shape index (κ3) is 4.69. The van der Waals surface area contributed by atoms with Crippen LogP contribution < -0.4 is 14.4 Å². The van der Waals surface area contributed by atoms with E-state index < -0.39 is 24.5 Å². The number of carbonyl (C=O) groups excluding carboxylic acids is 2. The Morgan fingerprint density at radius 1 is 1.25 bits per heavy atom. The highest BCUT2D eigenvalue weighted by atomic mass is 19.4. The number of anilines is 1. The van der Waals surface area contributed by atoms with Crippen LogP contribution in [-0.2, 0) is 9.59 Å². The third-order valence-corrected chi connectivity index (χ3v) is 4.58. The molecule has 1 aromatic carbocycles. The number of hydrogen-bond donors (Lipinski definition) is 0. The number of nitrogens with zero attached hydrogens (tertiary/aromatic N) is 2. The van der Waals surface area contributed by atoms with Gasteiger partial charge in [-0.15, -0.1) is 0 Å². The normalized spacial score (nSPS) is 19.3. The second kappa shape index (κ2) is 7.89. The minimum Gasteiger partial charge on any atom is -0.486 e. The molecular weight excluding hydrogens is 377 g/mol. The molecule has 1 aromatic rings. The van der Waals surface area contributed by atoms with Crippen molar-refractivity contribution in [2.45, 2.75) is 26.4 Å². The van der Waals surface area contributed by atoms with Crippen molar-refractivity contribution in [2.24, 2.45) is 11.8 Å². The molecule has 28 heavy (non-hydrogen) atoms. The number of halogens is 3. The minimum atomic E-state index is -4.48. The summed E-state index contributed by atoms with van der Waals surface area (Å²) in [7, 11) is 0. The van der Waals surface area contributed by atoms with E-state index in [0.29, 0.717) is 30.4 Å². The fourth-order valence-corrected chi connectivity index (χ4v) is 3.47. The van der Waals surface area contributed by atoms with Crippen LogP contribution in [0.2, 0.25) is 0 Å². The first kappa shape index (κ1) is 20.3.